The van der Waals surface area contributed by atoms with Crippen LogP contribution in [0.2, 0.25) is 0 Å². The van der Waals surface area contributed by atoms with E-state index in [1.807, 2.05) is 0 Å². The van der Waals surface area contributed by atoms with E-state index in [1.54, 1.807) is 0 Å². The van der Waals surface area contributed by atoms with Crippen LogP contribution in [0.25, 0.3) is 11.6 Å². The average molecular weight is 531 g/mol. The van der Waals surface area contributed by atoms with E-state index in [-0.39, 0.29) is 12.2 Å². The molecular weight excluding hydrogens is 496 g/mol. The standard InChI is InChI=1S/C40H34O/c1-3-11-31-25(8-1)10-5-13-32(31)29-20-18-27-23-30(21-19-26(27)22-29)34-14-6-17-37-36-16-7-15-35-33-12-4-2-9-28(33)24-38(39(35)36)41-40(34)37/h1-15,17-22,24-25,27,31,36-40H,16,23H2. The summed E-state index contributed by atoms with van der Waals surface area (Å²) in [6.07, 6.45) is 44.6. The molecule has 8 aliphatic rings. The molecule has 1 nitrogen and oxygen atoms in total. The molecule has 1 aliphatic heterocycles. The minimum atomic E-state index is 0.114. The quantitative estimate of drug-likeness (QED) is 0.403. The topological polar surface area (TPSA) is 9.23 Å². The fourth-order valence-electron chi connectivity index (χ4n) is 8.64. The Balaban J connectivity index is 1.03. The van der Waals surface area contributed by atoms with Gasteiger partial charge >= 0.3 is 0 Å². The Morgan fingerprint density at radius 3 is 2.66 bits per heavy atom. The van der Waals surface area contributed by atoms with Crippen molar-refractivity contribution in [2.45, 2.75) is 25.0 Å². The molecule has 1 heteroatoms. The number of hydrogen-bond acceptors (Lipinski definition) is 1. The van der Waals surface area contributed by atoms with E-state index in [4.69, 9.17) is 4.74 Å². The molecule has 200 valence electrons. The Bertz CT molecular complexity index is 1800. The monoisotopic (exact) mass is 530 g/mol. The zero-order valence-corrected chi connectivity index (χ0v) is 23.1. The first-order chi connectivity index (χ1) is 20.3. The number of rotatable bonds is 2. The zero-order chi connectivity index (χ0) is 26.9. The van der Waals surface area contributed by atoms with E-state index in [9.17, 15) is 0 Å². The lowest BCUT2D eigenvalue weighted by Crippen LogP contribution is -2.53. The lowest BCUT2D eigenvalue weighted by atomic mass is 9.62. The van der Waals surface area contributed by atoms with E-state index in [2.05, 4.69) is 134 Å². The highest BCUT2D eigenvalue weighted by Gasteiger charge is 2.48. The van der Waals surface area contributed by atoms with E-state index >= 15 is 0 Å². The number of hydrogen-bond donors (Lipinski definition) is 0. The summed E-state index contributed by atoms with van der Waals surface area (Å²) in [6.45, 7) is 0. The van der Waals surface area contributed by atoms with Crippen LogP contribution in [0.5, 0.6) is 0 Å². The van der Waals surface area contributed by atoms with E-state index in [0.29, 0.717) is 35.5 Å². The van der Waals surface area contributed by atoms with Crippen LogP contribution in [0.4, 0.5) is 0 Å². The maximum absolute atomic E-state index is 7.09. The molecule has 0 spiro atoms. The third-order valence-corrected chi connectivity index (χ3v) is 10.6. The van der Waals surface area contributed by atoms with Gasteiger partial charge in [-0.1, -0.05) is 128 Å². The smallest absolute Gasteiger partial charge is 0.0901 e. The largest absolute Gasteiger partial charge is 0.365 e. The van der Waals surface area contributed by atoms with Gasteiger partial charge in [-0.15, -0.1) is 0 Å². The summed E-state index contributed by atoms with van der Waals surface area (Å²) >= 11 is 0. The summed E-state index contributed by atoms with van der Waals surface area (Å²) in [5, 5.41) is 2.71. The van der Waals surface area contributed by atoms with Crippen molar-refractivity contribution in [3.8, 4) is 0 Å². The van der Waals surface area contributed by atoms with Crippen LogP contribution in [0, 0.1) is 35.5 Å². The molecule has 8 atom stereocenters. The summed E-state index contributed by atoms with van der Waals surface area (Å²) in [4.78, 5) is 0. The van der Waals surface area contributed by atoms with Crippen molar-refractivity contribution in [3.05, 3.63) is 166 Å². The predicted octanol–water partition coefficient (Wildman–Crippen LogP) is 6.93. The number of allylic oxidation sites excluding steroid dienone is 19. The SMILES string of the molecule is C1=CC2C=CC=C(C3=CC4=CC=C(C5=CC=CC6C5OC5C=c7ccccc7=C7C=CCC6C75)CC4C=C3)C2C=C1. The van der Waals surface area contributed by atoms with Crippen LogP contribution in [0.15, 0.2) is 155 Å². The highest BCUT2D eigenvalue weighted by Crippen LogP contribution is 2.50. The molecule has 1 heterocycles. The predicted molar refractivity (Wildman–Crippen MR) is 168 cm³/mol. The van der Waals surface area contributed by atoms with Gasteiger partial charge in [-0.05, 0) is 68.7 Å². The van der Waals surface area contributed by atoms with Gasteiger partial charge in [0.05, 0.1) is 12.2 Å². The second-order valence-corrected chi connectivity index (χ2v) is 12.7. The third-order valence-electron chi connectivity index (χ3n) is 10.6. The first-order valence-electron chi connectivity index (χ1n) is 15.4. The first-order valence-corrected chi connectivity index (χ1v) is 15.4. The van der Waals surface area contributed by atoms with Crippen LogP contribution >= 0.6 is 0 Å². The summed E-state index contributed by atoms with van der Waals surface area (Å²) in [6, 6.07) is 8.86. The minimum Gasteiger partial charge on any atom is -0.365 e. The van der Waals surface area contributed by atoms with Crippen LogP contribution in [0.1, 0.15) is 12.8 Å². The molecule has 0 radical (unpaired) electrons. The van der Waals surface area contributed by atoms with Gasteiger partial charge < -0.3 is 4.74 Å². The summed E-state index contributed by atoms with van der Waals surface area (Å²) in [5.74, 6) is 2.75. The third kappa shape index (κ3) is 3.72. The van der Waals surface area contributed by atoms with Crippen LogP contribution in [0.3, 0.4) is 0 Å². The molecule has 1 fully saturated rings. The van der Waals surface area contributed by atoms with Gasteiger partial charge in [-0.25, -0.2) is 0 Å². The van der Waals surface area contributed by atoms with Crippen LogP contribution < -0.4 is 10.4 Å². The summed E-state index contributed by atoms with van der Waals surface area (Å²) < 4.78 is 7.09. The van der Waals surface area contributed by atoms with E-state index in [0.717, 1.165) is 12.8 Å². The summed E-state index contributed by atoms with van der Waals surface area (Å²) in [7, 11) is 0. The second-order valence-electron chi connectivity index (χ2n) is 12.7. The Morgan fingerprint density at radius 2 is 1.66 bits per heavy atom. The second kappa shape index (κ2) is 9.29. The molecule has 0 amide bonds. The van der Waals surface area contributed by atoms with Gasteiger partial charge in [0.1, 0.15) is 0 Å². The summed E-state index contributed by atoms with van der Waals surface area (Å²) in [5.41, 5.74) is 8.51. The van der Waals surface area contributed by atoms with Gasteiger partial charge in [0.25, 0.3) is 0 Å². The average Bonchev–Trinajstić information content (AvgIpc) is 3.04. The molecule has 9 rings (SSSR count). The molecule has 41 heavy (non-hydrogen) atoms. The van der Waals surface area contributed by atoms with E-state index < -0.39 is 0 Å². The van der Waals surface area contributed by atoms with Gasteiger partial charge in [0, 0.05) is 29.6 Å². The van der Waals surface area contributed by atoms with Crippen molar-refractivity contribution in [2.75, 3.05) is 0 Å². The van der Waals surface area contributed by atoms with Crippen molar-refractivity contribution in [2.24, 2.45) is 35.5 Å². The van der Waals surface area contributed by atoms with Crippen molar-refractivity contribution in [1.29, 1.82) is 0 Å². The van der Waals surface area contributed by atoms with E-state index in [1.165, 1.54) is 43.9 Å². The highest BCUT2D eigenvalue weighted by atomic mass is 16.5. The van der Waals surface area contributed by atoms with Crippen molar-refractivity contribution in [1.82, 2.24) is 0 Å². The molecular formula is C40H34O. The van der Waals surface area contributed by atoms with Gasteiger partial charge in [0.2, 0.25) is 0 Å². The Labute approximate surface area is 242 Å². The molecule has 0 bridgehead atoms. The zero-order valence-electron chi connectivity index (χ0n) is 23.1. The molecule has 1 aromatic rings. The number of ether oxygens (including phenoxy) is 1. The van der Waals surface area contributed by atoms with Crippen molar-refractivity contribution >= 4 is 11.6 Å². The highest BCUT2D eigenvalue weighted by molar-refractivity contribution is 5.67. The van der Waals surface area contributed by atoms with Crippen molar-refractivity contribution in [3.63, 3.8) is 0 Å². The fraction of sp³-hybridized carbons (Fsp3) is 0.250. The van der Waals surface area contributed by atoms with Crippen molar-refractivity contribution < 1.29 is 4.74 Å². The van der Waals surface area contributed by atoms with Gasteiger partial charge in [0.15, 0.2) is 0 Å². The number of fused-ring (bicyclic) bond motifs is 5. The normalized spacial score (nSPS) is 36.8. The minimum absolute atomic E-state index is 0.114. The lowest BCUT2D eigenvalue weighted by Gasteiger charge is -2.50. The lowest BCUT2D eigenvalue weighted by molar-refractivity contribution is -0.0731. The fourth-order valence-corrected chi connectivity index (χ4v) is 8.64. The van der Waals surface area contributed by atoms with Crippen LogP contribution in [-0.4, -0.2) is 12.2 Å². The Morgan fingerprint density at radius 1 is 0.780 bits per heavy atom. The molecule has 1 aromatic carbocycles. The Hall–Kier alpha value is -3.94. The Kier molecular flexibility index (Phi) is 5.38. The number of benzene rings is 1. The molecule has 0 aromatic heterocycles. The first kappa shape index (κ1) is 23.7. The maximum Gasteiger partial charge on any atom is 0.0901 e. The van der Waals surface area contributed by atoms with Gasteiger partial charge in [-0.2, -0.15) is 0 Å². The van der Waals surface area contributed by atoms with Gasteiger partial charge in [-0.3, -0.25) is 0 Å². The molecule has 0 saturated carbocycles. The van der Waals surface area contributed by atoms with Crippen LogP contribution in [-0.2, 0) is 4.74 Å². The molecule has 7 aliphatic carbocycles. The molecule has 1 saturated heterocycles. The maximum atomic E-state index is 7.09. The molecule has 8 unspecified atom stereocenters. The molecule has 0 N–H and O–H groups in total.